The molecule has 22 heavy (non-hydrogen) atoms. The predicted molar refractivity (Wildman–Crippen MR) is 89.7 cm³/mol. The van der Waals surface area contributed by atoms with Crippen LogP contribution in [0.1, 0.15) is 78.6 Å². The Kier molecular flexibility index (Phi) is 11.0. The molecule has 0 amide bonds. The Hall–Kier alpha value is -1.03. The molecule has 4 heteroatoms. The van der Waals surface area contributed by atoms with Crippen LogP contribution in [0.4, 0.5) is 0 Å². The lowest BCUT2D eigenvalue weighted by molar-refractivity contribution is -0.147. The van der Waals surface area contributed by atoms with E-state index in [9.17, 15) is 9.90 Å². The quantitative estimate of drug-likeness (QED) is 0.387. The molecular weight excluding hydrogens is 280 g/mol. The third kappa shape index (κ3) is 10.7. The summed E-state index contributed by atoms with van der Waals surface area (Å²) in [7, 11) is 1.67. The summed E-state index contributed by atoms with van der Waals surface area (Å²) in [5.74, 6) is 0.218. The maximum absolute atomic E-state index is 11.0. The number of carboxylic acids is 1. The molecule has 0 rings (SSSR count). The van der Waals surface area contributed by atoms with Gasteiger partial charge >= 0.3 is 5.97 Å². The maximum atomic E-state index is 11.0. The molecule has 1 unspecified atom stereocenters. The molecule has 0 aliphatic rings. The van der Waals surface area contributed by atoms with E-state index >= 15 is 0 Å². The van der Waals surface area contributed by atoms with Gasteiger partial charge in [0.1, 0.15) is 0 Å². The summed E-state index contributed by atoms with van der Waals surface area (Å²) in [6.07, 6.45) is 10.2. The summed E-state index contributed by atoms with van der Waals surface area (Å²) >= 11 is 0. The van der Waals surface area contributed by atoms with Crippen LogP contribution in [0.5, 0.6) is 0 Å². The van der Waals surface area contributed by atoms with Gasteiger partial charge in [0, 0.05) is 0 Å². The number of ether oxygens (including phenoxy) is 1. The van der Waals surface area contributed by atoms with Crippen molar-refractivity contribution in [1.82, 2.24) is 0 Å². The Morgan fingerprint density at radius 1 is 1.14 bits per heavy atom. The average Bonchev–Trinajstić information content (AvgIpc) is 2.45. The number of carboxylic acid groups (broad SMARTS) is 1. The number of rotatable bonds is 13. The van der Waals surface area contributed by atoms with Gasteiger partial charge in [-0.3, -0.25) is 4.79 Å². The van der Waals surface area contributed by atoms with E-state index in [0.29, 0.717) is 6.42 Å². The van der Waals surface area contributed by atoms with E-state index in [1.165, 1.54) is 0 Å². The number of allylic oxidation sites excluding steroid dienone is 2. The summed E-state index contributed by atoms with van der Waals surface area (Å²) in [6, 6.07) is 0. The minimum absolute atomic E-state index is 0.222. The van der Waals surface area contributed by atoms with Gasteiger partial charge in [0.15, 0.2) is 0 Å². The van der Waals surface area contributed by atoms with Crippen LogP contribution in [-0.4, -0.2) is 29.4 Å². The number of aliphatic hydroxyl groups excluding tert-OH is 1. The number of hydrogen-bond acceptors (Lipinski definition) is 3. The number of unbranched alkanes of at least 4 members (excludes halogenated alkanes) is 4. The highest BCUT2D eigenvalue weighted by atomic mass is 16.5. The first-order valence-electron chi connectivity index (χ1n) is 8.42. The molecule has 0 spiro atoms. The zero-order valence-electron chi connectivity index (χ0n) is 14.7. The van der Waals surface area contributed by atoms with Crippen LogP contribution in [0.25, 0.3) is 0 Å². The maximum Gasteiger partial charge on any atom is 0.309 e. The highest BCUT2D eigenvalue weighted by Gasteiger charge is 2.25. The van der Waals surface area contributed by atoms with Crippen LogP contribution >= 0.6 is 0 Å². The predicted octanol–water partition coefficient (Wildman–Crippen LogP) is 4.52. The van der Waals surface area contributed by atoms with Gasteiger partial charge in [-0.15, -0.1) is 0 Å². The molecule has 4 nitrogen and oxygen atoms in total. The molecule has 0 saturated heterocycles. The van der Waals surface area contributed by atoms with Crippen molar-refractivity contribution >= 4 is 5.97 Å². The fourth-order valence-electron chi connectivity index (χ4n) is 2.29. The normalized spacial score (nSPS) is 14.0. The van der Waals surface area contributed by atoms with E-state index in [2.05, 4.69) is 6.08 Å². The van der Waals surface area contributed by atoms with Crippen LogP contribution in [0.15, 0.2) is 11.8 Å². The SMILES string of the molecule is CO/C(C)=C\CCCCC(O)CCCCCC(C)(C)C(=O)O. The van der Waals surface area contributed by atoms with Crippen LogP contribution in [0.3, 0.4) is 0 Å². The van der Waals surface area contributed by atoms with E-state index in [1.54, 1.807) is 21.0 Å². The second-order valence-electron chi connectivity index (χ2n) is 6.75. The molecule has 0 saturated carbocycles. The van der Waals surface area contributed by atoms with E-state index in [-0.39, 0.29) is 6.10 Å². The summed E-state index contributed by atoms with van der Waals surface area (Å²) in [5.41, 5.74) is -0.632. The molecule has 130 valence electrons. The van der Waals surface area contributed by atoms with Gasteiger partial charge < -0.3 is 14.9 Å². The van der Waals surface area contributed by atoms with Gasteiger partial charge in [0.2, 0.25) is 0 Å². The van der Waals surface area contributed by atoms with Crippen LogP contribution < -0.4 is 0 Å². The van der Waals surface area contributed by atoms with E-state index < -0.39 is 11.4 Å². The van der Waals surface area contributed by atoms with E-state index in [1.807, 2.05) is 6.92 Å². The first-order valence-corrected chi connectivity index (χ1v) is 8.42. The summed E-state index contributed by atoms with van der Waals surface area (Å²) < 4.78 is 5.07. The summed E-state index contributed by atoms with van der Waals surface area (Å²) in [4.78, 5) is 11.0. The van der Waals surface area contributed by atoms with Crippen molar-refractivity contribution in [2.75, 3.05) is 7.11 Å². The Balaban J connectivity index is 3.55. The Labute approximate surface area is 135 Å². The molecule has 2 N–H and O–H groups in total. The molecule has 0 fully saturated rings. The minimum atomic E-state index is -0.731. The van der Waals surface area contributed by atoms with Crippen molar-refractivity contribution < 1.29 is 19.7 Å². The van der Waals surface area contributed by atoms with Gasteiger partial charge in [-0.2, -0.15) is 0 Å². The zero-order chi connectivity index (χ0) is 17.0. The summed E-state index contributed by atoms with van der Waals surface area (Å²) in [5, 5.41) is 18.9. The average molecular weight is 314 g/mol. The lowest BCUT2D eigenvalue weighted by atomic mass is 9.87. The second kappa shape index (κ2) is 11.5. The van der Waals surface area contributed by atoms with E-state index in [4.69, 9.17) is 9.84 Å². The molecule has 0 aromatic heterocycles. The molecule has 0 aliphatic heterocycles. The van der Waals surface area contributed by atoms with Crippen LogP contribution in [0, 0.1) is 5.41 Å². The summed E-state index contributed by atoms with van der Waals surface area (Å²) in [6.45, 7) is 5.48. The Bertz CT molecular complexity index is 334. The van der Waals surface area contributed by atoms with Crippen molar-refractivity contribution in [2.24, 2.45) is 5.41 Å². The Morgan fingerprint density at radius 3 is 2.27 bits per heavy atom. The van der Waals surface area contributed by atoms with Gasteiger partial charge in [-0.05, 0) is 59.0 Å². The molecule has 0 heterocycles. The van der Waals surface area contributed by atoms with Crippen molar-refractivity contribution in [3.8, 4) is 0 Å². The van der Waals surface area contributed by atoms with Gasteiger partial charge in [0.25, 0.3) is 0 Å². The number of aliphatic carboxylic acids is 1. The van der Waals surface area contributed by atoms with Gasteiger partial charge in [-0.25, -0.2) is 0 Å². The van der Waals surface area contributed by atoms with Crippen molar-refractivity contribution in [3.05, 3.63) is 11.8 Å². The molecular formula is C18H34O4. The Morgan fingerprint density at radius 2 is 1.73 bits per heavy atom. The molecule has 0 aliphatic carbocycles. The fraction of sp³-hybridized carbons (Fsp3) is 0.833. The molecule has 1 atom stereocenters. The van der Waals surface area contributed by atoms with Crippen molar-refractivity contribution in [3.63, 3.8) is 0 Å². The largest absolute Gasteiger partial charge is 0.502 e. The number of methoxy groups -OCH3 is 1. The molecule has 0 aromatic carbocycles. The fourth-order valence-corrected chi connectivity index (χ4v) is 2.29. The van der Waals surface area contributed by atoms with Crippen molar-refractivity contribution in [1.29, 1.82) is 0 Å². The lowest BCUT2D eigenvalue weighted by Crippen LogP contribution is -2.23. The van der Waals surface area contributed by atoms with Crippen LogP contribution in [0.2, 0.25) is 0 Å². The van der Waals surface area contributed by atoms with Crippen molar-refractivity contribution in [2.45, 2.75) is 84.7 Å². The molecule has 0 radical (unpaired) electrons. The monoisotopic (exact) mass is 314 g/mol. The number of hydrogen-bond donors (Lipinski definition) is 2. The molecule has 0 aromatic rings. The lowest BCUT2D eigenvalue weighted by Gasteiger charge is -2.18. The van der Waals surface area contributed by atoms with Gasteiger partial charge in [0.05, 0.1) is 24.4 Å². The third-order valence-electron chi connectivity index (χ3n) is 4.16. The third-order valence-corrected chi connectivity index (χ3v) is 4.16. The number of carbonyl (C=O) groups is 1. The van der Waals surface area contributed by atoms with Gasteiger partial charge in [-0.1, -0.05) is 25.7 Å². The highest BCUT2D eigenvalue weighted by Crippen LogP contribution is 2.24. The zero-order valence-corrected chi connectivity index (χ0v) is 14.7. The topological polar surface area (TPSA) is 66.8 Å². The first-order chi connectivity index (χ1) is 10.3. The molecule has 0 bridgehead atoms. The standard InChI is InChI=1S/C18H34O4/c1-15(22-4)11-7-5-8-12-16(19)13-9-6-10-14-18(2,3)17(20)21/h11,16,19H,5-10,12-14H2,1-4H3,(H,20,21)/b15-11-. The second-order valence-corrected chi connectivity index (χ2v) is 6.75. The van der Waals surface area contributed by atoms with E-state index in [0.717, 1.165) is 57.1 Å². The minimum Gasteiger partial charge on any atom is -0.502 e. The smallest absolute Gasteiger partial charge is 0.309 e. The number of aliphatic hydroxyl groups is 1. The van der Waals surface area contributed by atoms with Crippen LogP contribution in [-0.2, 0) is 9.53 Å². The highest BCUT2D eigenvalue weighted by molar-refractivity contribution is 5.73. The first kappa shape index (κ1) is 21.0.